The lowest BCUT2D eigenvalue weighted by molar-refractivity contribution is -0.0452. The quantitative estimate of drug-likeness (QED) is 0.916. The van der Waals surface area contributed by atoms with Gasteiger partial charge in [0.05, 0.1) is 11.7 Å². The van der Waals surface area contributed by atoms with Crippen LogP contribution in [0.4, 0.5) is 13.6 Å². The highest BCUT2D eigenvalue weighted by Crippen LogP contribution is 2.36. The number of rotatable bonds is 3. The van der Waals surface area contributed by atoms with Crippen LogP contribution in [0, 0.1) is 5.92 Å². The maximum absolute atomic E-state index is 13.2. The van der Waals surface area contributed by atoms with Crippen molar-refractivity contribution in [3.05, 3.63) is 18.0 Å². The Kier molecular flexibility index (Phi) is 5.06. The number of nitrogens with zero attached hydrogens (tertiary/aromatic N) is 3. The number of carbonyl (C=O) groups is 1. The molecule has 0 bridgehead atoms. The summed E-state index contributed by atoms with van der Waals surface area (Å²) in [6, 6.07) is 1.92. The van der Waals surface area contributed by atoms with E-state index in [1.54, 1.807) is 6.20 Å². The number of urea groups is 1. The number of aromatic nitrogens is 2. The zero-order valence-electron chi connectivity index (χ0n) is 14.2. The smallest absolute Gasteiger partial charge is 0.317 e. The molecule has 1 saturated heterocycles. The van der Waals surface area contributed by atoms with Crippen LogP contribution in [0.15, 0.2) is 12.3 Å². The summed E-state index contributed by atoms with van der Waals surface area (Å²) < 4.78 is 28.2. The molecule has 2 amide bonds. The minimum atomic E-state index is -2.52. The zero-order chi connectivity index (χ0) is 17.2. The minimum absolute atomic E-state index is 0.0435. The van der Waals surface area contributed by atoms with Crippen molar-refractivity contribution in [2.75, 3.05) is 13.1 Å². The first-order chi connectivity index (χ1) is 11.5. The van der Waals surface area contributed by atoms with E-state index in [9.17, 15) is 13.6 Å². The SMILES string of the molecule is Cn1nccc1C1CCCCN1C(=O)NCC1CCC(F)(F)CC1. The summed E-state index contributed by atoms with van der Waals surface area (Å²) in [6.45, 7) is 1.22. The van der Waals surface area contributed by atoms with Crippen molar-refractivity contribution in [3.63, 3.8) is 0 Å². The number of alkyl halides is 2. The molecule has 1 N–H and O–H groups in total. The van der Waals surface area contributed by atoms with Gasteiger partial charge in [0, 0.05) is 39.2 Å². The van der Waals surface area contributed by atoms with Crippen LogP contribution in [0.1, 0.15) is 56.7 Å². The first-order valence-corrected chi connectivity index (χ1v) is 8.86. The number of nitrogens with one attached hydrogen (secondary N) is 1. The van der Waals surface area contributed by atoms with Crippen LogP contribution in [0.2, 0.25) is 0 Å². The number of carbonyl (C=O) groups excluding carboxylic acids is 1. The van der Waals surface area contributed by atoms with Gasteiger partial charge in [-0.25, -0.2) is 13.6 Å². The van der Waals surface area contributed by atoms with Gasteiger partial charge in [-0.2, -0.15) is 5.10 Å². The van der Waals surface area contributed by atoms with Crippen LogP contribution in [-0.2, 0) is 7.05 Å². The number of aryl methyl sites for hydroxylation is 1. The summed E-state index contributed by atoms with van der Waals surface area (Å²) in [5.74, 6) is -2.36. The van der Waals surface area contributed by atoms with Gasteiger partial charge in [-0.05, 0) is 44.1 Å². The molecule has 0 aromatic carbocycles. The van der Waals surface area contributed by atoms with E-state index in [1.807, 2.05) is 22.7 Å². The lowest BCUT2D eigenvalue weighted by Gasteiger charge is -2.36. The summed E-state index contributed by atoms with van der Waals surface area (Å²) in [5, 5.41) is 7.18. The van der Waals surface area contributed by atoms with Crippen LogP contribution >= 0.6 is 0 Å². The molecule has 0 spiro atoms. The molecular weight excluding hydrogens is 314 g/mol. The fraction of sp³-hybridized carbons (Fsp3) is 0.765. The summed E-state index contributed by atoms with van der Waals surface area (Å²) >= 11 is 0. The lowest BCUT2D eigenvalue weighted by Crippen LogP contribution is -2.46. The Morgan fingerprint density at radius 3 is 2.75 bits per heavy atom. The van der Waals surface area contributed by atoms with Crippen LogP contribution < -0.4 is 5.32 Å². The number of hydrogen-bond donors (Lipinski definition) is 1. The average molecular weight is 340 g/mol. The summed E-state index contributed by atoms with van der Waals surface area (Å²) in [4.78, 5) is 14.5. The van der Waals surface area contributed by atoms with Gasteiger partial charge >= 0.3 is 6.03 Å². The Balaban J connectivity index is 1.56. The molecule has 2 aliphatic rings. The van der Waals surface area contributed by atoms with Crippen LogP contribution in [0.25, 0.3) is 0 Å². The third-order valence-corrected chi connectivity index (χ3v) is 5.34. The fourth-order valence-corrected chi connectivity index (χ4v) is 3.83. The monoisotopic (exact) mass is 340 g/mol. The van der Waals surface area contributed by atoms with Gasteiger partial charge in [0.15, 0.2) is 0 Å². The molecule has 24 heavy (non-hydrogen) atoms. The lowest BCUT2D eigenvalue weighted by atomic mass is 9.87. The molecule has 0 radical (unpaired) electrons. The normalized spacial score (nSPS) is 24.8. The third-order valence-electron chi connectivity index (χ3n) is 5.34. The molecule has 2 heterocycles. The molecule has 2 fully saturated rings. The van der Waals surface area contributed by atoms with Gasteiger partial charge in [0.2, 0.25) is 5.92 Å². The fourth-order valence-electron chi connectivity index (χ4n) is 3.83. The first-order valence-electron chi connectivity index (χ1n) is 8.86. The maximum atomic E-state index is 13.2. The molecule has 1 unspecified atom stereocenters. The Bertz CT molecular complexity index is 565. The molecule has 5 nitrogen and oxygen atoms in total. The predicted octanol–water partition coefficient (Wildman–Crippen LogP) is 3.48. The first kappa shape index (κ1) is 17.2. The highest BCUT2D eigenvalue weighted by atomic mass is 19.3. The molecule has 1 aromatic rings. The standard InChI is InChI=1S/C17H26F2N4O/c1-22-14(7-10-21-22)15-4-2-3-11-23(15)16(24)20-12-13-5-8-17(18,19)9-6-13/h7,10,13,15H,2-6,8-9,11-12H2,1H3,(H,20,24). The van der Waals surface area contributed by atoms with E-state index in [0.29, 0.717) is 19.4 Å². The van der Waals surface area contributed by atoms with Gasteiger partial charge in [-0.3, -0.25) is 4.68 Å². The van der Waals surface area contributed by atoms with E-state index in [-0.39, 0.29) is 30.8 Å². The van der Waals surface area contributed by atoms with Crippen molar-refractivity contribution in [1.82, 2.24) is 20.0 Å². The van der Waals surface area contributed by atoms with Crippen molar-refractivity contribution >= 4 is 6.03 Å². The van der Waals surface area contributed by atoms with E-state index < -0.39 is 5.92 Å². The number of likely N-dealkylation sites (tertiary alicyclic amines) is 1. The Hall–Kier alpha value is -1.66. The molecule has 1 aliphatic heterocycles. The Labute approximate surface area is 141 Å². The number of amides is 2. The number of hydrogen-bond acceptors (Lipinski definition) is 2. The van der Waals surface area contributed by atoms with E-state index in [1.165, 1.54) is 0 Å². The zero-order valence-corrected chi connectivity index (χ0v) is 14.2. The summed E-state index contributed by atoms with van der Waals surface area (Å²) in [5.41, 5.74) is 1.04. The van der Waals surface area contributed by atoms with E-state index >= 15 is 0 Å². The molecular formula is C17H26F2N4O. The van der Waals surface area contributed by atoms with E-state index in [2.05, 4.69) is 10.4 Å². The van der Waals surface area contributed by atoms with Crippen molar-refractivity contribution < 1.29 is 13.6 Å². The molecule has 7 heteroatoms. The number of halogens is 2. The average Bonchev–Trinajstić information content (AvgIpc) is 2.99. The molecule has 134 valence electrons. The van der Waals surface area contributed by atoms with Crippen LogP contribution in [0.5, 0.6) is 0 Å². The summed E-state index contributed by atoms with van der Waals surface area (Å²) in [7, 11) is 1.89. The summed E-state index contributed by atoms with van der Waals surface area (Å²) in [6.07, 6.45) is 5.63. The van der Waals surface area contributed by atoms with E-state index in [4.69, 9.17) is 0 Å². The van der Waals surface area contributed by atoms with Gasteiger partial charge in [0.25, 0.3) is 0 Å². The third kappa shape index (κ3) is 3.87. The van der Waals surface area contributed by atoms with Crippen molar-refractivity contribution in [2.45, 2.75) is 56.9 Å². The highest BCUT2D eigenvalue weighted by Gasteiger charge is 2.35. The van der Waals surface area contributed by atoms with Gasteiger partial charge in [-0.15, -0.1) is 0 Å². The van der Waals surface area contributed by atoms with Gasteiger partial charge < -0.3 is 10.2 Å². The van der Waals surface area contributed by atoms with Crippen molar-refractivity contribution in [1.29, 1.82) is 0 Å². The molecule has 3 rings (SSSR count). The van der Waals surface area contributed by atoms with Crippen LogP contribution in [0.3, 0.4) is 0 Å². The highest BCUT2D eigenvalue weighted by molar-refractivity contribution is 5.74. The largest absolute Gasteiger partial charge is 0.338 e. The molecule has 1 saturated carbocycles. The van der Waals surface area contributed by atoms with Crippen molar-refractivity contribution in [2.24, 2.45) is 13.0 Å². The van der Waals surface area contributed by atoms with E-state index in [0.717, 1.165) is 31.5 Å². The Morgan fingerprint density at radius 1 is 1.33 bits per heavy atom. The predicted molar refractivity (Wildman–Crippen MR) is 86.8 cm³/mol. The van der Waals surface area contributed by atoms with Gasteiger partial charge in [0.1, 0.15) is 0 Å². The second-order valence-corrected chi connectivity index (χ2v) is 7.07. The maximum Gasteiger partial charge on any atom is 0.317 e. The Morgan fingerprint density at radius 2 is 2.08 bits per heavy atom. The van der Waals surface area contributed by atoms with Gasteiger partial charge in [-0.1, -0.05) is 0 Å². The molecule has 1 atom stereocenters. The minimum Gasteiger partial charge on any atom is -0.338 e. The molecule has 1 aliphatic carbocycles. The topological polar surface area (TPSA) is 50.2 Å². The van der Waals surface area contributed by atoms with Crippen molar-refractivity contribution in [3.8, 4) is 0 Å². The number of piperidine rings is 1. The molecule has 1 aromatic heterocycles. The second-order valence-electron chi connectivity index (χ2n) is 7.07. The second kappa shape index (κ2) is 7.07. The van der Waals surface area contributed by atoms with Crippen LogP contribution in [-0.4, -0.2) is 39.7 Å².